The molecule has 0 bridgehead atoms. The van der Waals surface area contributed by atoms with E-state index in [1.807, 2.05) is 0 Å². The van der Waals surface area contributed by atoms with Crippen molar-refractivity contribution >= 4 is 0 Å². The first-order valence-corrected chi connectivity index (χ1v) is 5.89. The van der Waals surface area contributed by atoms with E-state index in [0.717, 1.165) is 18.6 Å². The first-order valence-electron chi connectivity index (χ1n) is 5.89. The highest BCUT2D eigenvalue weighted by Gasteiger charge is 2.10. The van der Waals surface area contributed by atoms with Crippen LogP contribution in [0.2, 0.25) is 0 Å². The SMILES string of the molecule is CCCc1ccc(C)c(CCC)c1OC. The van der Waals surface area contributed by atoms with Crippen molar-refractivity contribution in [2.45, 2.75) is 46.5 Å². The Morgan fingerprint density at radius 1 is 1.07 bits per heavy atom. The van der Waals surface area contributed by atoms with Gasteiger partial charge in [-0.1, -0.05) is 38.8 Å². The molecule has 0 aliphatic rings. The highest BCUT2D eigenvalue weighted by atomic mass is 16.5. The van der Waals surface area contributed by atoms with Crippen LogP contribution in [0.15, 0.2) is 12.1 Å². The third kappa shape index (κ3) is 2.74. The van der Waals surface area contributed by atoms with E-state index in [4.69, 9.17) is 4.74 Å². The number of hydrogen-bond acceptors (Lipinski definition) is 1. The number of methoxy groups -OCH3 is 1. The molecule has 1 rings (SSSR count). The summed E-state index contributed by atoms with van der Waals surface area (Å²) in [5.41, 5.74) is 4.11. The minimum Gasteiger partial charge on any atom is -0.496 e. The number of benzene rings is 1. The lowest BCUT2D eigenvalue weighted by molar-refractivity contribution is 0.403. The van der Waals surface area contributed by atoms with E-state index >= 15 is 0 Å². The lowest BCUT2D eigenvalue weighted by Gasteiger charge is -2.15. The Bertz CT molecular complexity index is 315. The second-order valence-electron chi connectivity index (χ2n) is 4.05. The van der Waals surface area contributed by atoms with Gasteiger partial charge in [-0.3, -0.25) is 0 Å². The van der Waals surface area contributed by atoms with E-state index in [1.54, 1.807) is 7.11 Å². The van der Waals surface area contributed by atoms with Gasteiger partial charge < -0.3 is 4.74 Å². The van der Waals surface area contributed by atoms with Crippen molar-refractivity contribution in [1.82, 2.24) is 0 Å². The summed E-state index contributed by atoms with van der Waals surface area (Å²) in [5.74, 6) is 1.12. The molecule has 0 aliphatic heterocycles. The summed E-state index contributed by atoms with van der Waals surface area (Å²) in [6.45, 7) is 6.59. The molecule has 0 aliphatic carbocycles. The Hall–Kier alpha value is -0.980. The Labute approximate surface area is 93.5 Å². The molecule has 0 heterocycles. The number of aryl methyl sites for hydroxylation is 2. The summed E-state index contributed by atoms with van der Waals surface area (Å²) in [6, 6.07) is 4.43. The van der Waals surface area contributed by atoms with Gasteiger partial charge in [0.05, 0.1) is 7.11 Å². The maximum Gasteiger partial charge on any atom is 0.125 e. The van der Waals surface area contributed by atoms with Gasteiger partial charge in [0.1, 0.15) is 5.75 Å². The summed E-state index contributed by atoms with van der Waals surface area (Å²) in [4.78, 5) is 0. The average molecular weight is 206 g/mol. The maximum absolute atomic E-state index is 5.56. The Morgan fingerprint density at radius 2 is 1.73 bits per heavy atom. The zero-order chi connectivity index (χ0) is 11.3. The fourth-order valence-electron chi connectivity index (χ4n) is 2.06. The molecule has 0 fully saturated rings. The van der Waals surface area contributed by atoms with Gasteiger partial charge in [0.2, 0.25) is 0 Å². The minimum atomic E-state index is 1.11. The second-order valence-corrected chi connectivity index (χ2v) is 4.05. The summed E-state index contributed by atoms with van der Waals surface area (Å²) in [6.07, 6.45) is 4.57. The molecule has 1 nitrogen and oxygen atoms in total. The summed E-state index contributed by atoms with van der Waals surface area (Å²) >= 11 is 0. The van der Waals surface area contributed by atoms with Crippen LogP contribution in [0.5, 0.6) is 5.75 Å². The van der Waals surface area contributed by atoms with Crippen LogP contribution >= 0.6 is 0 Å². The molecule has 0 saturated heterocycles. The summed E-state index contributed by atoms with van der Waals surface area (Å²) in [5, 5.41) is 0. The number of hydrogen-bond donors (Lipinski definition) is 0. The van der Waals surface area contributed by atoms with Crippen molar-refractivity contribution in [3.8, 4) is 5.75 Å². The van der Waals surface area contributed by atoms with Crippen molar-refractivity contribution in [3.05, 3.63) is 28.8 Å². The third-order valence-electron chi connectivity index (χ3n) is 2.80. The molecule has 0 unspecified atom stereocenters. The lowest BCUT2D eigenvalue weighted by atomic mass is 9.97. The normalized spacial score (nSPS) is 10.4. The van der Waals surface area contributed by atoms with Crippen LogP contribution in [0.25, 0.3) is 0 Å². The van der Waals surface area contributed by atoms with Gasteiger partial charge in [0.15, 0.2) is 0 Å². The largest absolute Gasteiger partial charge is 0.496 e. The topological polar surface area (TPSA) is 9.23 Å². The van der Waals surface area contributed by atoms with E-state index in [9.17, 15) is 0 Å². The molecule has 0 amide bonds. The molecule has 0 atom stereocenters. The molecule has 1 aromatic rings. The molecule has 0 aromatic heterocycles. The fourth-order valence-corrected chi connectivity index (χ4v) is 2.06. The van der Waals surface area contributed by atoms with Crippen LogP contribution in [0.3, 0.4) is 0 Å². The van der Waals surface area contributed by atoms with Crippen LogP contribution < -0.4 is 4.74 Å². The van der Waals surface area contributed by atoms with Gasteiger partial charge in [-0.2, -0.15) is 0 Å². The molecule has 84 valence electrons. The van der Waals surface area contributed by atoms with E-state index in [2.05, 4.69) is 32.9 Å². The van der Waals surface area contributed by atoms with Crippen LogP contribution in [0.1, 0.15) is 43.4 Å². The van der Waals surface area contributed by atoms with Crippen molar-refractivity contribution in [1.29, 1.82) is 0 Å². The van der Waals surface area contributed by atoms with Crippen molar-refractivity contribution in [2.24, 2.45) is 0 Å². The molecule has 0 spiro atoms. The summed E-state index contributed by atoms with van der Waals surface area (Å²) < 4.78 is 5.56. The van der Waals surface area contributed by atoms with Gasteiger partial charge in [-0.25, -0.2) is 0 Å². The van der Waals surface area contributed by atoms with Gasteiger partial charge in [0.25, 0.3) is 0 Å². The average Bonchev–Trinajstić information content (AvgIpc) is 2.24. The van der Waals surface area contributed by atoms with E-state index in [-0.39, 0.29) is 0 Å². The molecule has 0 saturated carbocycles. The van der Waals surface area contributed by atoms with Gasteiger partial charge in [-0.05, 0) is 36.5 Å². The lowest BCUT2D eigenvalue weighted by Crippen LogP contribution is -2.00. The van der Waals surface area contributed by atoms with Gasteiger partial charge >= 0.3 is 0 Å². The third-order valence-corrected chi connectivity index (χ3v) is 2.80. The van der Waals surface area contributed by atoms with Crippen LogP contribution in [0, 0.1) is 6.92 Å². The molecular weight excluding hydrogens is 184 g/mol. The zero-order valence-corrected chi connectivity index (χ0v) is 10.4. The molecule has 15 heavy (non-hydrogen) atoms. The van der Waals surface area contributed by atoms with E-state index < -0.39 is 0 Å². The standard InChI is InChI=1S/C14H22O/c1-5-7-12-10-9-11(3)13(8-6-2)14(12)15-4/h9-10H,5-8H2,1-4H3. The number of ether oxygens (including phenoxy) is 1. The van der Waals surface area contributed by atoms with Crippen molar-refractivity contribution in [3.63, 3.8) is 0 Å². The minimum absolute atomic E-state index is 1.11. The fraction of sp³-hybridized carbons (Fsp3) is 0.571. The van der Waals surface area contributed by atoms with Crippen molar-refractivity contribution in [2.75, 3.05) is 7.11 Å². The smallest absolute Gasteiger partial charge is 0.125 e. The first-order chi connectivity index (χ1) is 7.24. The molecule has 0 radical (unpaired) electrons. The van der Waals surface area contributed by atoms with E-state index in [0.29, 0.717) is 0 Å². The Morgan fingerprint density at radius 3 is 2.27 bits per heavy atom. The molecule has 0 N–H and O–H groups in total. The number of rotatable bonds is 5. The first kappa shape index (κ1) is 12.1. The maximum atomic E-state index is 5.56. The second kappa shape index (κ2) is 5.79. The Kier molecular flexibility index (Phi) is 4.67. The quantitative estimate of drug-likeness (QED) is 0.709. The predicted molar refractivity (Wildman–Crippen MR) is 65.7 cm³/mol. The molecule has 1 heteroatoms. The molecule has 1 aromatic carbocycles. The predicted octanol–water partition coefficient (Wildman–Crippen LogP) is 3.91. The molecular formula is C14H22O. The van der Waals surface area contributed by atoms with Crippen LogP contribution in [-0.2, 0) is 12.8 Å². The Balaban J connectivity index is 3.14. The highest BCUT2D eigenvalue weighted by molar-refractivity contribution is 5.46. The van der Waals surface area contributed by atoms with E-state index in [1.165, 1.54) is 29.5 Å². The monoisotopic (exact) mass is 206 g/mol. The summed E-state index contributed by atoms with van der Waals surface area (Å²) in [7, 11) is 1.78. The van der Waals surface area contributed by atoms with Crippen LogP contribution in [0.4, 0.5) is 0 Å². The zero-order valence-electron chi connectivity index (χ0n) is 10.4. The van der Waals surface area contributed by atoms with Crippen molar-refractivity contribution < 1.29 is 4.74 Å². The highest BCUT2D eigenvalue weighted by Crippen LogP contribution is 2.29. The van der Waals surface area contributed by atoms with Gasteiger partial charge in [0, 0.05) is 0 Å². The van der Waals surface area contributed by atoms with Crippen LogP contribution in [-0.4, -0.2) is 7.11 Å². The van der Waals surface area contributed by atoms with Gasteiger partial charge in [-0.15, -0.1) is 0 Å².